The Hall–Kier alpha value is -2.37. The van der Waals surface area contributed by atoms with Gasteiger partial charge in [-0.25, -0.2) is 0 Å². The second kappa shape index (κ2) is 5.99. The number of aromatic nitrogens is 2. The molecule has 0 spiro atoms. The van der Waals surface area contributed by atoms with Crippen LogP contribution in [0, 0.1) is 0 Å². The first-order valence-corrected chi connectivity index (χ1v) is 5.99. The molecule has 0 saturated heterocycles. The lowest BCUT2D eigenvalue weighted by molar-refractivity contribution is -0.122. The number of carbonyl (C=O) groups is 1. The molecule has 0 radical (unpaired) electrons. The Labute approximate surface area is 110 Å². The average Bonchev–Trinajstić information content (AvgIpc) is 2.94. The fraction of sp³-hybridized carbons (Fsp3) is 0.308. The molecule has 6 nitrogen and oxygen atoms in total. The molecule has 1 N–H and O–H groups in total. The van der Waals surface area contributed by atoms with Crippen LogP contribution in [0.25, 0.3) is 11.5 Å². The van der Waals surface area contributed by atoms with Gasteiger partial charge in [-0.05, 0) is 18.2 Å². The van der Waals surface area contributed by atoms with Crippen LogP contribution < -0.4 is 10.1 Å². The van der Waals surface area contributed by atoms with E-state index in [0.717, 1.165) is 5.56 Å². The highest BCUT2D eigenvalue weighted by molar-refractivity contribution is 5.77. The average molecular weight is 261 g/mol. The molecule has 100 valence electrons. The summed E-state index contributed by atoms with van der Waals surface area (Å²) < 4.78 is 10.8. The molecule has 0 atom stereocenters. The van der Waals surface area contributed by atoms with E-state index in [1.165, 1.54) is 0 Å². The number of ether oxygens (including phenoxy) is 1. The minimum atomic E-state index is -0.184. The van der Waals surface area contributed by atoms with Crippen molar-refractivity contribution in [2.75, 3.05) is 13.7 Å². The number of carbonyl (C=O) groups excluding carboxylic acids is 1. The molecule has 0 saturated carbocycles. The number of amides is 1. The van der Waals surface area contributed by atoms with E-state index in [0.29, 0.717) is 24.0 Å². The van der Waals surface area contributed by atoms with Crippen LogP contribution in [0.5, 0.6) is 5.75 Å². The second-order valence-corrected chi connectivity index (χ2v) is 3.84. The summed E-state index contributed by atoms with van der Waals surface area (Å²) in [6.45, 7) is 1.92. The van der Waals surface area contributed by atoms with E-state index in [1.807, 2.05) is 19.1 Å². The van der Waals surface area contributed by atoms with Crippen LogP contribution in [0.15, 0.2) is 28.7 Å². The smallest absolute Gasteiger partial charge is 0.257 e. The highest BCUT2D eigenvalue weighted by Crippen LogP contribution is 2.22. The predicted octanol–water partition coefficient (Wildman–Crippen LogP) is 1.42. The number of likely N-dealkylation sites (N-methyl/N-ethyl adjacent to an activating group) is 1. The summed E-state index contributed by atoms with van der Waals surface area (Å²) in [7, 11) is 1.56. The maximum atomic E-state index is 11.1. The van der Waals surface area contributed by atoms with Crippen LogP contribution in [0.2, 0.25) is 0 Å². The Morgan fingerprint density at radius 2 is 2.26 bits per heavy atom. The molecule has 2 aromatic rings. The number of nitrogens with zero attached hydrogens (tertiary/aromatic N) is 2. The van der Waals surface area contributed by atoms with E-state index in [1.54, 1.807) is 19.2 Å². The number of hydrogen-bond acceptors (Lipinski definition) is 5. The van der Waals surface area contributed by atoms with Gasteiger partial charge in [-0.15, -0.1) is 10.2 Å². The third kappa shape index (κ3) is 3.31. The number of rotatable bonds is 5. The third-order valence-electron chi connectivity index (χ3n) is 2.50. The molecule has 0 aliphatic heterocycles. The van der Waals surface area contributed by atoms with Crippen LogP contribution in [0.1, 0.15) is 12.8 Å². The van der Waals surface area contributed by atoms with Crippen molar-refractivity contribution >= 4 is 5.91 Å². The fourth-order valence-corrected chi connectivity index (χ4v) is 1.45. The molecular weight excluding hydrogens is 246 g/mol. The van der Waals surface area contributed by atoms with Crippen molar-refractivity contribution in [3.8, 4) is 17.2 Å². The van der Waals surface area contributed by atoms with Gasteiger partial charge in [0.15, 0.2) is 6.61 Å². The maximum Gasteiger partial charge on any atom is 0.257 e. The first-order chi connectivity index (χ1) is 9.22. The fourth-order valence-electron chi connectivity index (χ4n) is 1.45. The van der Waals surface area contributed by atoms with Gasteiger partial charge in [0, 0.05) is 19.0 Å². The van der Waals surface area contributed by atoms with Gasteiger partial charge < -0.3 is 14.5 Å². The number of aryl methyl sites for hydroxylation is 1. The minimum Gasteiger partial charge on any atom is -0.484 e. The molecule has 0 bridgehead atoms. The molecule has 19 heavy (non-hydrogen) atoms. The summed E-state index contributed by atoms with van der Waals surface area (Å²) >= 11 is 0. The zero-order valence-corrected chi connectivity index (χ0v) is 10.8. The Bertz CT molecular complexity index is 566. The highest BCUT2D eigenvalue weighted by atomic mass is 16.5. The Balaban J connectivity index is 2.12. The van der Waals surface area contributed by atoms with Crippen molar-refractivity contribution in [2.45, 2.75) is 13.3 Å². The molecule has 1 heterocycles. The minimum absolute atomic E-state index is 0.0238. The van der Waals surface area contributed by atoms with Crippen molar-refractivity contribution in [3.63, 3.8) is 0 Å². The van der Waals surface area contributed by atoms with E-state index in [2.05, 4.69) is 15.5 Å². The first-order valence-electron chi connectivity index (χ1n) is 5.99. The van der Waals surface area contributed by atoms with Crippen molar-refractivity contribution in [2.24, 2.45) is 0 Å². The summed E-state index contributed by atoms with van der Waals surface area (Å²) in [4.78, 5) is 11.1. The Morgan fingerprint density at radius 3 is 2.95 bits per heavy atom. The quantitative estimate of drug-likeness (QED) is 0.880. The van der Waals surface area contributed by atoms with E-state index in [9.17, 15) is 4.79 Å². The van der Waals surface area contributed by atoms with Crippen molar-refractivity contribution < 1.29 is 13.9 Å². The largest absolute Gasteiger partial charge is 0.484 e. The predicted molar refractivity (Wildman–Crippen MR) is 68.7 cm³/mol. The topological polar surface area (TPSA) is 77.2 Å². The molecule has 1 amide bonds. The SMILES string of the molecule is CCc1nnc(-c2cccc(OCC(=O)NC)c2)o1. The number of nitrogens with one attached hydrogen (secondary N) is 1. The van der Waals surface area contributed by atoms with Crippen LogP contribution in [0.3, 0.4) is 0 Å². The normalized spacial score (nSPS) is 10.2. The summed E-state index contributed by atoms with van der Waals surface area (Å²) in [5, 5.41) is 10.4. The van der Waals surface area contributed by atoms with Crippen LogP contribution in [-0.2, 0) is 11.2 Å². The van der Waals surface area contributed by atoms with E-state index in [-0.39, 0.29) is 12.5 Å². The summed E-state index contributed by atoms with van der Waals surface area (Å²) in [5.74, 6) is 1.43. The van der Waals surface area contributed by atoms with Gasteiger partial charge in [-0.1, -0.05) is 13.0 Å². The van der Waals surface area contributed by atoms with E-state index < -0.39 is 0 Å². The standard InChI is InChI=1S/C13H15N3O3/c1-3-12-15-16-13(19-12)9-5-4-6-10(7-9)18-8-11(17)14-2/h4-7H,3,8H2,1-2H3,(H,14,17). The molecule has 0 aliphatic carbocycles. The highest BCUT2D eigenvalue weighted by Gasteiger charge is 2.08. The number of hydrogen-bond donors (Lipinski definition) is 1. The molecule has 1 aromatic heterocycles. The van der Waals surface area contributed by atoms with Crippen LogP contribution >= 0.6 is 0 Å². The molecule has 0 unspecified atom stereocenters. The van der Waals surface area contributed by atoms with E-state index in [4.69, 9.17) is 9.15 Å². The lowest BCUT2D eigenvalue weighted by Crippen LogP contribution is -2.24. The molecule has 6 heteroatoms. The monoisotopic (exact) mass is 261 g/mol. The van der Waals surface area contributed by atoms with Crippen molar-refractivity contribution in [1.29, 1.82) is 0 Å². The van der Waals surface area contributed by atoms with Crippen LogP contribution in [-0.4, -0.2) is 29.8 Å². The number of benzene rings is 1. The summed E-state index contributed by atoms with van der Waals surface area (Å²) in [5.41, 5.74) is 0.765. The van der Waals surface area contributed by atoms with Gasteiger partial charge in [-0.2, -0.15) is 0 Å². The summed E-state index contributed by atoms with van der Waals surface area (Å²) in [6.07, 6.45) is 0.694. The Kier molecular flexibility index (Phi) is 4.12. The lowest BCUT2D eigenvalue weighted by atomic mass is 10.2. The summed E-state index contributed by atoms with van der Waals surface area (Å²) in [6, 6.07) is 7.18. The second-order valence-electron chi connectivity index (χ2n) is 3.84. The Morgan fingerprint density at radius 1 is 1.42 bits per heavy atom. The van der Waals surface area contributed by atoms with Crippen molar-refractivity contribution in [3.05, 3.63) is 30.2 Å². The molecule has 2 rings (SSSR count). The first kappa shape index (κ1) is 13.1. The van der Waals surface area contributed by atoms with Gasteiger partial charge in [0.05, 0.1) is 0 Å². The van der Waals surface area contributed by atoms with Gasteiger partial charge in [0.25, 0.3) is 5.91 Å². The van der Waals surface area contributed by atoms with Gasteiger partial charge in [-0.3, -0.25) is 4.79 Å². The molecule has 0 fully saturated rings. The maximum absolute atomic E-state index is 11.1. The van der Waals surface area contributed by atoms with Gasteiger partial charge in [0.1, 0.15) is 5.75 Å². The van der Waals surface area contributed by atoms with Gasteiger partial charge in [0.2, 0.25) is 11.8 Å². The van der Waals surface area contributed by atoms with Gasteiger partial charge >= 0.3 is 0 Å². The zero-order chi connectivity index (χ0) is 13.7. The molecular formula is C13H15N3O3. The van der Waals surface area contributed by atoms with Crippen molar-refractivity contribution in [1.82, 2.24) is 15.5 Å². The zero-order valence-electron chi connectivity index (χ0n) is 10.8. The van der Waals surface area contributed by atoms with Crippen LogP contribution in [0.4, 0.5) is 0 Å². The molecule has 0 aliphatic rings. The lowest BCUT2D eigenvalue weighted by Gasteiger charge is -2.05. The molecule has 1 aromatic carbocycles. The van der Waals surface area contributed by atoms with E-state index >= 15 is 0 Å². The third-order valence-corrected chi connectivity index (χ3v) is 2.50.